The maximum absolute atomic E-state index is 13.4. The molecule has 1 aromatic heterocycles. The van der Waals surface area contributed by atoms with Crippen LogP contribution in [0.2, 0.25) is 5.02 Å². The molecule has 2 heterocycles. The van der Waals surface area contributed by atoms with Crippen LogP contribution in [-0.2, 0) is 9.59 Å². The highest BCUT2D eigenvalue weighted by molar-refractivity contribution is 6.30. The second-order valence-corrected chi connectivity index (χ2v) is 7.36. The Morgan fingerprint density at radius 3 is 2.31 bits per heavy atom. The van der Waals surface area contributed by atoms with E-state index in [4.69, 9.17) is 16.6 Å². The zero-order valence-electron chi connectivity index (χ0n) is 15.3. The number of hydrogen-bond acceptors (Lipinski definition) is 3. The third kappa shape index (κ3) is 2.91. The maximum atomic E-state index is 13.4. The Morgan fingerprint density at radius 2 is 1.55 bits per heavy atom. The van der Waals surface area contributed by atoms with Crippen LogP contribution >= 0.6 is 11.6 Å². The number of aromatic nitrogens is 2. The summed E-state index contributed by atoms with van der Waals surface area (Å²) in [7, 11) is 0. The van der Waals surface area contributed by atoms with Crippen LogP contribution in [0.3, 0.4) is 0 Å². The first-order valence-corrected chi connectivity index (χ1v) is 9.66. The summed E-state index contributed by atoms with van der Waals surface area (Å²) in [5.74, 6) is 0.174. The molecule has 5 rings (SSSR count). The number of halogens is 1. The average Bonchev–Trinajstić information content (AvgIpc) is 3.26. The van der Waals surface area contributed by atoms with E-state index in [2.05, 4.69) is 0 Å². The molecule has 0 aliphatic carbocycles. The van der Waals surface area contributed by atoms with Crippen molar-refractivity contribution >= 4 is 40.1 Å². The van der Waals surface area contributed by atoms with Crippen molar-refractivity contribution in [3.05, 3.63) is 83.9 Å². The molecule has 6 heteroatoms. The number of nitrogens with zero attached hydrogens (tertiary/aromatic N) is 3. The number of rotatable bonds is 3. The van der Waals surface area contributed by atoms with Crippen LogP contribution in [0.5, 0.6) is 0 Å². The number of hydrogen-bond donors (Lipinski definition) is 0. The fourth-order valence-electron chi connectivity index (χ4n) is 3.83. The molecule has 3 aromatic carbocycles. The Hall–Kier alpha value is -3.44. The number of para-hydroxylation sites is 2. The lowest BCUT2D eigenvalue weighted by atomic mass is 10.1. The number of anilines is 1. The van der Waals surface area contributed by atoms with Gasteiger partial charge >= 0.3 is 0 Å². The van der Waals surface area contributed by atoms with Gasteiger partial charge in [0.15, 0.2) is 0 Å². The molecule has 4 aromatic rings. The molecule has 1 fully saturated rings. The van der Waals surface area contributed by atoms with Crippen molar-refractivity contribution in [2.45, 2.75) is 12.5 Å². The number of amides is 2. The molecule has 1 saturated heterocycles. The third-order valence-electron chi connectivity index (χ3n) is 5.15. The Labute approximate surface area is 172 Å². The number of carbonyl (C=O) groups is 2. The smallest absolute Gasteiger partial charge is 0.257 e. The van der Waals surface area contributed by atoms with Crippen molar-refractivity contribution in [2.75, 3.05) is 4.90 Å². The molecular weight excluding hydrogens is 386 g/mol. The number of carbonyl (C=O) groups excluding carboxylic acids is 2. The topological polar surface area (TPSA) is 55.2 Å². The highest BCUT2D eigenvalue weighted by atomic mass is 35.5. The van der Waals surface area contributed by atoms with Gasteiger partial charge in [0.1, 0.15) is 11.9 Å². The maximum Gasteiger partial charge on any atom is 0.257 e. The zero-order chi connectivity index (χ0) is 20.0. The highest BCUT2D eigenvalue weighted by Gasteiger charge is 2.42. The summed E-state index contributed by atoms with van der Waals surface area (Å²) in [6.07, 6.45) is 0.0850. The molecule has 1 atom stereocenters. The van der Waals surface area contributed by atoms with Gasteiger partial charge in [-0.05, 0) is 36.4 Å². The summed E-state index contributed by atoms with van der Waals surface area (Å²) in [5.41, 5.74) is 3.04. The second kappa shape index (κ2) is 6.87. The summed E-state index contributed by atoms with van der Waals surface area (Å²) in [5, 5.41) is 0.552. The van der Waals surface area contributed by atoms with E-state index in [0.717, 1.165) is 16.6 Å². The zero-order valence-corrected chi connectivity index (χ0v) is 16.1. The predicted octanol–water partition coefficient (Wildman–Crippen LogP) is 4.86. The SMILES string of the molecule is O=C1C[C@H](n2c(-c3ccccc3)nc3ccccc32)C(=O)N1c1ccc(Cl)cc1. The van der Waals surface area contributed by atoms with Crippen molar-refractivity contribution in [1.82, 2.24) is 9.55 Å². The molecule has 29 heavy (non-hydrogen) atoms. The minimum Gasteiger partial charge on any atom is -0.311 e. The van der Waals surface area contributed by atoms with Gasteiger partial charge in [0.25, 0.3) is 5.91 Å². The third-order valence-corrected chi connectivity index (χ3v) is 5.40. The van der Waals surface area contributed by atoms with Crippen LogP contribution in [0.15, 0.2) is 78.9 Å². The fourth-order valence-corrected chi connectivity index (χ4v) is 3.96. The van der Waals surface area contributed by atoms with Crippen molar-refractivity contribution < 1.29 is 9.59 Å². The lowest BCUT2D eigenvalue weighted by Crippen LogP contribution is -2.31. The van der Waals surface area contributed by atoms with Gasteiger partial charge in [0.05, 0.1) is 23.1 Å². The molecule has 0 N–H and O–H groups in total. The predicted molar refractivity (Wildman–Crippen MR) is 113 cm³/mol. The molecule has 1 aliphatic rings. The van der Waals surface area contributed by atoms with Crippen LogP contribution in [-0.4, -0.2) is 21.4 Å². The Morgan fingerprint density at radius 1 is 0.862 bits per heavy atom. The van der Waals surface area contributed by atoms with Crippen LogP contribution < -0.4 is 4.90 Å². The molecular formula is C23H16ClN3O2. The van der Waals surface area contributed by atoms with E-state index < -0.39 is 6.04 Å². The molecule has 0 radical (unpaired) electrons. The molecule has 0 saturated carbocycles. The molecule has 0 bridgehead atoms. The number of imide groups is 1. The van der Waals surface area contributed by atoms with E-state index in [0.29, 0.717) is 16.5 Å². The number of fused-ring (bicyclic) bond motifs is 1. The van der Waals surface area contributed by atoms with Crippen molar-refractivity contribution in [3.8, 4) is 11.4 Å². The van der Waals surface area contributed by atoms with Gasteiger partial charge in [-0.2, -0.15) is 0 Å². The standard InChI is InChI=1S/C23H16ClN3O2/c24-16-10-12-17(13-11-16)26-21(28)14-20(23(26)29)27-19-9-5-4-8-18(19)25-22(27)15-6-2-1-3-7-15/h1-13,20H,14H2/t20-/m0/s1. The summed E-state index contributed by atoms with van der Waals surface area (Å²) in [6, 6.07) is 23.4. The van der Waals surface area contributed by atoms with Crippen LogP contribution in [0.1, 0.15) is 12.5 Å². The molecule has 0 unspecified atom stereocenters. The first kappa shape index (κ1) is 17.6. The normalized spacial score (nSPS) is 16.7. The van der Waals surface area contributed by atoms with Crippen molar-refractivity contribution in [2.24, 2.45) is 0 Å². The Balaban J connectivity index is 1.65. The minimum absolute atomic E-state index is 0.0850. The summed E-state index contributed by atoms with van der Waals surface area (Å²) in [6.45, 7) is 0. The van der Waals surface area contributed by atoms with Gasteiger partial charge in [-0.15, -0.1) is 0 Å². The lowest BCUT2D eigenvalue weighted by Gasteiger charge is -2.17. The molecule has 2 amide bonds. The monoisotopic (exact) mass is 401 g/mol. The average molecular weight is 402 g/mol. The molecule has 1 aliphatic heterocycles. The van der Waals surface area contributed by atoms with E-state index in [1.807, 2.05) is 59.2 Å². The van der Waals surface area contributed by atoms with Gasteiger partial charge in [-0.1, -0.05) is 54.1 Å². The van der Waals surface area contributed by atoms with Crippen LogP contribution in [0.4, 0.5) is 5.69 Å². The second-order valence-electron chi connectivity index (χ2n) is 6.92. The number of imidazole rings is 1. The summed E-state index contributed by atoms with van der Waals surface area (Å²) in [4.78, 5) is 32.1. The highest BCUT2D eigenvalue weighted by Crippen LogP contribution is 2.36. The molecule has 5 nitrogen and oxygen atoms in total. The first-order valence-electron chi connectivity index (χ1n) is 9.28. The van der Waals surface area contributed by atoms with Gasteiger partial charge in [0, 0.05) is 10.6 Å². The van der Waals surface area contributed by atoms with E-state index in [1.54, 1.807) is 24.3 Å². The Kier molecular flexibility index (Phi) is 4.18. The van der Waals surface area contributed by atoms with Crippen molar-refractivity contribution in [1.29, 1.82) is 0 Å². The van der Waals surface area contributed by atoms with Crippen LogP contribution in [0.25, 0.3) is 22.4 Å². The summed E-state index contributed by atoms with van der Waals surface area (Å²) >= 11 is 5.95. The van der Waals surface area contributed by atoms with Gasteiger partial charge in [0.2, 0.25) is 5.91 Å². The number of benzene rings is 3. The van der Waals surface area contributed by atoms with E-state index in [1.165, 1.54) is 4.90 Å². The first-order chi connectivity index (χ1) is 14.1. The van der Waals surface area contributed by atoms with Crippen LogP contribution in [0, 0.1) is 0 Å². The quantitative estimate of drug-likeness (QED) is 0.460. The van der Waals surface area contributed by atoms with Gasteiger partial charge < -0.3 is 4.57 Å². The molecule has 142 valence electrons. The largest absolute Gasteiger partial charge is 0.311 e. The van der Waals surface area contributed by atoms with E-state index in [9.17, 15) is 9.59 Å². The minimum atomic E-state index is -0.652. The van der Waals surface area contributed by atoms with Crippen molar-refractivity contribution in [3.63, 3.8) is 0 Å². The fraction of sp³-hybridized carbons (Fsp3) is 0.0870. The molecule has 0 spiro atoms. The van der Waals surface area contributed by atoms with Gasteiger partial charge in [-0.3, -0.25) is 9.59 Å². The summed E-state index contributed by atoms with van der Waals surface area (Å²) < 4.78 is 1.89. The Bertz CT molecular complexity index is 1230. The van der Waals surface area contributed by atoms with E-state index in [-0.39, 0.29) is 18.2 Å². The van der Waals surface area contributed by atoms with E-state index >= 15 is 0 Å². The van der Waals surface area contributed by atoms with Gasteiger partial charge in [-0.25, -0.2) is 9.88 Å². The lowest BCUT2D eigenvalue weighted by molar-refractivity contribution is -0.122.